The Morgan fingerprint density at radius 1 is 1.19 bits per heavy atom. The molecule has 0 saturated carbocycles. The zero-order chi connectivity index (χ0) is 19.4. The van der Waals surface area contributed by atoms with E-state index in [1.54, 1.807) is 12.1 Å². The van der Waals surface area contributed by atoms with Crippen LogP contribution in [-0.2, 0) is 11.4 Å². The molecule has 0 radical (unpaired) electrons. The Labute approximate surface area is 179 Å². The number of hydrogen-bond donors (Lipinski definition) is 1. The molecule has 0 spiro atoms. The van der Waals surface area contributed by atoms with Crippen molar-refractivity contribution in [3.8, 4) is 11.5 Å². The minimum Gasteiger partial charge on any atom is -0.490 e. The van der Waals surface area contributed by atoms with Crippen molar-refractivity contribution in [1.82, 2.24) is 5.32 Å². The van der Waals surface area contributed by atoms with Gasteiger partial charge in [-0.1, -0.05) is 23.7 Å². The van der Waals surface area contributed by atoms with Gasteiger partial charge in [-0.25, -0.2) is 0 Å². The summed E-state index contributed by atoms with van der Waals surface area (Å²) in [6, 6.07) is 11.1. The molecule has 0 aliphatic carbocycles. The number of nitrogens with one attached hydrogen (secondary N) is 1. The van der Waals surface area contributed by atoms with Crippen molar-refractivity contribution in [3.63, 3.8) is 0 Å². The fraction of sp³-hybridized carbons (Fsp3) is 0.158. The van der Waals surface area contributed by atoms with Crippen molar-refractivity contribution < 1.29 is 19.1 Å². The Balaban J connectivity index is 1.85. The van der Waals surface area contributed by atoms with Gasteiger partial charge >= 0.3 is 0 Å². The Morgan fingerprint density at radius 2 is 1.93 bits per heavy atom. The first-order chi connectivity index (χ1) is 13.0. The second-order valence-electron chi connectivity index (χ2n) is 5.53. The predicted molar refractivity (Wildman–Crippen MR) is 115 cm³/mol. The number of ether oxygens (including phenoxy) is 2. The van der Waals surface area contributed by atoms with Crippen LogP contribution < -0.4 is 14.8 Å². The average Bonchev–Trinajstić information content (AvgIpc) is 2.93. The summed E-state index contributed by atoms with van der Waals surface area (Å²) < 4.78 is 12.5. The number of rotatable bonds is 6. The van der Waals surface area contributed by atoms with Crippen LogP contribution in [0.2, 0.25) is 5.02 Å². The molecule has 1 fully saturated rings. The van der Waals surface area contributed by atoms with Gasteiger partial charge in [0.15, 0.2) is 11.5 Å². The average molecular weight is 516 g/mol. The molecular weight excluding hydrogens is 501 g/mol. The second kappa shape index (κ2) is 8.99. The molecule has 5 nitrogen and oxygen atoms in total. The van der Waals surface area contributed by atoms with Crippen molar-refractivity contribution in [2.24, 2.45) is 0 Å². The third kappa shape index (κ3) is 5.18. The van der Waals surface area contributed by atoms with Crippen LogP contribution in [0.3, 0.4) is 0 Å². The second-order valence-corrected chi connectivity index (χ2v) is 8.14. The zero-order valence-corrected chi connectivity index (χ0v) is 18.0. The zero-order valence-electron chi connectivity index (χ0n) is 14.3. The highest BCUT2D eigenvalue weighted by molar-refractivity contribution is 14.1. The van der Waals surface area contributed by atoms with E-state index >= 15 is 0 Å². The standard InChI is InChI=1S/C19H15ClINO4S/c1-2-25-15-8-12(9-16-18(23)22-19(24)27-16)7-14(21)17(15)26-10-11-3-5-13(20)6-4-11/h3-9H,2,10H2,1H3,(H,22,23,24)/b16-9-. The fourth-order valence-electron chi connectivity index (χ4n) is 2.38. The van der Waals surface area contributed by atoms with E-state index < -0.39 is 0 Å². The number of halogens is 2. The van der Waals surface area contributed by atoms with Crippen molar-refractivity contribution in [3.05, 3.63) is 61.0 Å². The van der Waals surface area contributed by atoms with Gasteiger partial charge in [-0.2, -0.15) is 0 Å². The minimum absolute atomic E-state index is 0.355. The minimum atomic E-state index is -0.388. The Kier molecular flexibility index (Phi) is 6.67. The van der Waals surface area contributed by atoms with Gasteiger partial charge in [-0.3, -0.25) is 14.9 Å². The van der Waals surface area contributed by atoms with Crippen LogP contribution >= 0.6 is 46.0 Å². The smallest absolute Gasteiger partial charge is 0.290 e. The summed E-state index contributed by atoms with van der Waals surface area (Å²) in [6.45, 7) is 2.74. The lowest BCUT2D eigenvalue weighted by Crippen LogP contribution is -2.17. The number of carbonyl (C=O) groups excluding carboxylic acids is 2. The molecule has 1 aliphatic rings. The predicted octanol–water partition coefficient (Wildman–Crippen LogP) is 5.25. The van der Waals surface area contributed by atoms with Crippen molar-refractivity contribution >= 4 is 63.2 Å². The lowest BCUT2D eigenvalue weighted by molar-refractivity contribution is -0.115. The molecule has 27 heavy (non-hydrogen) atoms. The maximum Gasteiger partial charge on any atom is 0.290 e. The summed E-state index contributed by atoms with van der Waals surface area (Å²) in [4.78, 5) is 23.4. The van der Waals surface area contributed by atoms with Crippen molar-refractivity contribution in [1.29, 1.82) is 0 Å². The van der Waals surface area contributed by atoms with Crippen LogP contribution in [0.5, 0.6) is 11.5 Å². The molecule has 2 aromatic carbocycles. The monoisotopic (exact) mass is 515 g/mol. The number of hydrogen-bond acceptors (Lipinski definition) is 5. The quantitative estimate of drug-likeness (QED) is 0.421. The number of thioether (sulfide) groups is 1. The lowest BCUT2D eigenvalue weighted by Gasteiger charge is -2.15. The topological polar surface area (TPSA) is 64.6 Å². The maximum absolute atomic E-state index is 11.7. The number of amides is 2. The Hall–Kier alpha value is -1.71. The maximum atomic E-state index is 11.7. The fourth-order valence-corrected chi connectivity index (χ4v) is 3.97. The molecule has 3 rings (SSSR count). The summed E-state index contributed by atoms with van der Waals surface area (Å²) in [5, 5.41) is 2.55. The van der Waals surface area contributed by atoms with Gasteiger partial charge in [0.2, 0.25) is 0 Å². The highest BCUT2D eigenvalue weighted by Gasteiger charge is 2.25. The molecule has 2 amide bonds. The molecule has 0 bridgehead atoms. The molecule has 1 heterocycles. The van der Waals surface area contributed by atoms with Gasteiger partial charge in [-0.05, 0) is 82.7 Å². The molecule has 1 N–H and O–H groups in total. The third-order valence-electron chi connectivity index (χ3n) is 3.57. The van der Waals surface area contributed by atoms with Crippen LogP contribution in [0.15, 0.2) is 41.3 Å². The van der Waals surface area contributed by atoms with E-state index in [2.05, 4.69) is 27.9 Å². The number of imide groups is 1. The van der Waals surface area contributed by atoms with E-state index in [1.165, 1.54) is 0 Å². The molecule has 0 atom stereocenters. The molecule has 0 unspecified atom stereocenters. The van der Waals surface area contributed by atoms with Crippen LogP contribution in [-0.4, -0.2) is 17.8 Å². The molecule has 8 heteroatoms. The summed E-state index contributed by atoms with van der Waals surface area (Å²) in [6.07, 6.45) is 1.67. The van der Waals surface area contributed by atoms with E-state index in [0.717, 1.165) is 26.5 Å². The molecule has 1 aliphatic heterocycles. The van der Waals surface area contributed by atoms with E-state index in [4.69, 9.17) is 21.1 Å². The van der Waals surface area contributed by atoms with E-state index in [0.29, 0.717) is 34.6 Å². The summed E-state index contributed by atoms with van der Waals surface area (Å²) >= 11 is 8.96. The van der Waals surface area contributed by atoms with Gasteiger partial charge in [0.05, 0.1) is 15.1 Å². The van der Waals surface area contributed by atoms with E-state index in [-0.39, 0.29) is 11.1 Å². The Bertz CT molecular complexity index is 915. The summed E-state index contributed by atoms with van der Waals surface area (Å²) in [7, 11) is 0. The normalized spacial score (nSPS) is 15.1. The van der Waals surface area contributed by atoms with Gasteiger partial charge in [0.1, 0.15) is 6.61 Å². The first kappa shape index (κ1) is 20.0. The van der Waals surface area contributed by atoms with Crippen LogP contribution in [0.1, 0.15) is 18.1 Å². The van der Waals surface area contributed by atoms with Gasteiger partial charge in [0, 0.05) is 5.02 Å². The number of carbonyl (C=O) groups is 2. The highest BCUT2D eigenvalue weighted by Crippen LogP contribution is 2.36. The van der Waals surface area contributed by atoms with Crippen LogP contribution in [0, 0.1) is 3.57 Å². The molecule has 1 saturated heterocycles. The first-order valence-corrected chi connectivity index (χ1v) is 10.3. The van der Waals surface area contributed by atoms with Crippen LogP contribution in [0.25, 0.3) is 6.08 Å². The molecule has 2 aromatic rings. The molecule has 0 aromatic heterocycles. The van der Waals surface area contributed by atoms with Crippen molar-refractivity contribution in [2.75, 3.05) is 6.61 Å². The van der Waals surface area contributed by atoms with Gasteiger partial charge in [-0.15, -0.1) is 0 Å². The number of benzene rings is 2. The van der Waals surface area contributed by atoms with Crippen LogP contribution in [0.4, 0.5) is 4.79 Å². The molecule has 140 valence electrons. The Morgan fingerprint density at radius 3 is 2.56 bits per heavy atom. The summed E-state index contributed by atoms with van der Waals surface area (Å²) in [5.41, 5.74) is 1.75. The van der Waals surface area contributed by atoms with E-state index in [1.807, 2.05) is 37.3 Å². The van der Waals surface area contributed by atoms with Gasteiger partial charge < -0.3 is 9.47 Å². The third-order valence-corrected chi connectivity index (χ3v) is 5.43. The van der Waals surface area contributed by atoms with E-state index in [9.17, 15) is 9.59 Å². The molecular formula is C19H15ClINO4S. The lowest BCUT2D eigenvalue weighted by atomic mass is 10.2. The largest absolute Gasteiger partial charge is 0.490 e. The van der Waals surface area contributed by atoms with Crippen molar-refractivity contribution in [2.45, 2.75) is 13.5 Å². The SMILES string of the molecule is CCOc1cc(/C=C2\SC(=O)NC2=O)cc(I)c1OCc1ccc(Cl)cc1. The first-order valence-electron chi connectivity index (χ1n) is 8.04. The highest BCUT2D eigenvalue weighted by atomic mass is 127. The van der Waals surface area contributed by atoms with Gasteiger partial charge in [0.25, 0.3) is 11.1 Å². The summed E-state index contributed by atoms with van der Waals surface area (Å²) in [5.74, 6) is 0.829.